The highest BCUT2D eigenvalue weighted by Gasteiger charge is 2.01. The third kappa shape index (κ3) is 5.31. The molecule has 2 nitrogen and oxygen atoms in total. The predicted octanol–water partition coefficient (Wildman–Crippen LogP) is 5.38. The smallest absolute Gasteiger partial charge is 0.150 e. The van der Waals surface area contributed by atoms with Crippen molar-refractivity contribution in [3.8, 4) is 17.6 Å². The maximum absolute atomic E-state index is 13.7. The molecule has 122 valence electrons. The van der Waals surface area contributed by atoms with E-state index < -0.39 is 5.82 Å². The number of isothiocyanates is 1. The third-order valence-electron chi connectivity index (χ3n) is 3.55. The van der Waals surface area contributed by atoms with Gasteiger partial charge in [0.05, 0.1) is 11.8 Å². The molecule has 0 aliphatic heterocycles. The van der Waals surface area contributed by atoms with Crippen molar-refractivity contribution in [1.29, 1.82) is 0 Å². The fourth-order valence-corrected chi connectivity index (χ4v) is 1.96. The van der Waals surface area contributed by atoms with Crippen LogP contribution in [0.25, 0.3) is 0 Å². The third-order valence-corrected chi connectivity index (χ3v) is 3.64. The highest BCUT2D eigenvalue weighted by atomic mass is 32.1. The standard InChI is InChI=1S/C20H18FNOS/c1-3-15(2)13-23-18-9-6-16(7-10-18)4-5-17-8-11-20(22-14-24)19(21)12-17/h6-12,15H,3,13H2,1-2H3. The quantitative estimate of drug-likeness (QED) is 0.414. The van der Waals surface area contributed by atoms with Crippen molar-refractivity contribution in [1.82, 2.24) is 0 Å². The maximum Gasteiger partial charge on any atom is 0.150 e. The molecule has 0 aliphatic carbocycles. The summed E-state index contributed by atoms with van der Waals surface area (Å²) in [5.74, 6) is 6.83. The topological polar surface area (TPSA) is 21.6 Å². The van der Waals surface area contributed by atoms with Gasteiger partial charge in [0.15, 0.2) is 5.82 Å². The molecule has 2 aromatic carbocycles. The molecule has 0 aromatic heterocycles. The van der Waals surface area contributed by atoms with E-state index in [0.717, 1.165) is 17.7 Å². The van der Waals surface area contributed by atoms with Crippen LogP contribution in [0.3, 0.4) is 0 Å². The summed E-state index contributed by atoms with van der Waals surface area (Å²) in [4.78, 5) is 3.64. The molecule has 0 heterocycles. The van der Waals surface area contributed by atoms with Crippen LogP contribution in [-0.2, 0) is 0 Å². The Bertz CT molecular complexity index is 799. The molecular weight excluding hydrogens is 321 g/mol. The number of thiocarbonyl (C=S) groups is 1. The summed E-state index contributed by atoms with van der Waals surface area (Å²) in [6.45, 7) is 5.00. The van der Waals surface area contributed by atoms with Gasteiger partial charge in [-0.05, 0) is 60.6 Å². The fraction of sp³-hybridized carbons (Fsp3) is 0.250. The van der Waals surface area contributed by atoms with Gasteiger partial charge in [0.25, 0.3) is 0 Å². The molecule has 0 amide bonds. The molecule has 0 aliphatic rings. The second-order valence-corrected chi connectivity index (χ2v) is 5.65. The van der Waals surface area contributed by atoms with Gasteiger partial charge < -0.3 is 4.74 Å². The van der Waals surface area contributed by atoms with E-state index in [4.69, 9.17) is 4.74 Å². The number of aliphatic imine (C=N–C) groups is 1. The van der Waals surface area contributed by atoms with Crippen molar-refractivity contribution in [2.45, 2.75) is 20.3 Å². The van der Waals surface area contributed by atoms with Gasteiger partial charge in [-0.25, -0.2) is 4.39 Å². The molecule has 2 rings (SSSR count). The lowest BCUT2D eigenvalue weighted by Gasteiger charge is -2.10. The minimum atomic E-state index is -0.465. The molecule has 1 atom stereocenters. The van der Waals surface area contributed by atoms with E-state index in [1.807, 2.05) is 24.3 Å². The molecular formula is C20H18FNOS. The van der Waals surface area contributed by atoms with E-state index in [2.05, 4.69) is 48.1 Å². The van der Waals surface area contributed by atoms with Crippen LogP contribution in [0.5, 0.6) is 5.75 Å². The van der Waals surface area contributed by atoms with Gasteiger partial charge in [0.2, 0.25) is 0 Å². The fourth-order valence-electron chi connectivity index (χ4n) is 1.86. The first-order valence-corrected chi connectivity index (χ1v) is 8.15. The summed E-state index contributed by atoms with van der Waals surface area (Å²) in [5, 5.41) is 2.15. The van der Waals surface area contributed by atoms with Crippen LogP contribution in [0.2, 0.25) is 0 Å². The Morgan fingerprint density at radius 2 is 1.79 bits per heavy atom. The summed E-state index contributed by atoms with van der Waals surface area (Å²) in [6, 6.07) is 12.1. The lowest BCUT2D eigenvalue weighted by Crippen LogP contribution is -2.06. The summed E-state index contributed by atoms with van der Waals surface area (Å²) in [5.41, 5.74) is 1.58. The normalized spacial score (nSPS) is 11.0. The summed E-state index contributed by atoms with van der Waals surface area (Å²) in [6.07, 6.45) is 1.09. The van der Waals surface area contributed by atoms with E-state index in [9.17, 15) is 4.39 Å². The van der Waals surface area contributed by atoms with Crippen molar-refractivity contribution in [2.75, 3.05) is 6.61 Å². The van der Waals surface area contributed by atoms with Crippen LogP contribution in [0.1, 0.15) is 31.4 Å². The van der Waals surface area contributed by atoms with Crippen molar-refractivity contribution in [2.24, 2.45) is 10.9 Å². The Morgan fingerprint density at radius 3 is 2.42 bits per heavy atom. The number of ether oxygens (including phenoxy) is 1. The lowest BCUT2D eigenvalue weighted by atomic mass is 10.1. The van der Waals surface area contributed by atoms with Crippen LogP contribution in [0, 0.1) is 23.6 Å². The van der Waals surface area contributed by atoms with Gasteiger partial charge in [-0.2, -0.15) is 4.99 Å². The Kier molecular flexibility index (Phi) is 6.69. The number of hydrogen-bond acceptors (Lipinski definition) is 3. The van der Waals surface area contributed by atoms with Crippen LogP contribution < -0.4 is 4.74 Å². The Hall–Kier alpha value is -2.47. The largest absolute Gasteiger partial charge is 0.493 e. The summed E-state index contributed by atoms with van der Waals surface area (Å²) >= 11 is 4.47. The second kappa shape index (κ2) is 8.98. The average Bonchev–Trinajstić information content (AvgIpc) is 2.61. The zero-order chi connectivity index (χ0) is 17.4. The van der Waals surface area contributed by atoms with Gasteiger partial charge in [0, 0.05) is 11.1 Å². The molecule has 0 saturated carbocycles. The lowest BCUT2D eigenvalue weighted by molar-refractivity contribution is 0.256. The Morgan fingerprint density at radius 1 is 1.12 bits per heavy atom. The van der Waals surface area contributed by atoms with E-state index in [0.29, 0.717) is 18.1 Å². The zero-order valence-corrected chi connectivity index (χ0v) is 14.5. The van der Waals surface area contributed by atoms with Crippen LogP contribution in [-0.4, -0.2) is 11.8 Å². The molecule has 0 radical (unpaired) electrons. The highest BCUT2D eigenvalue weighted by Crippen LogP contribution is 2.18. The molecule has 0 bridgehead atoms. The number of halogens is 1. The van der Waals surface area contributed by atoms with Crippen molar-refractivity contribution >= 4 is 23.1 Å². The van der Waals surface area contributed by atoms with Crippen LogP contribution in [0.15, 0.2) is 47.5 Å². The monoisotopic (exact) mass is 339 g/mol. The van der Waals surface area contributed by atoms with Gasteiger partial charge >= 0.3 is 0 Å². The number of nitrogens with zero attached hydrogens (tertiary/aromatic N) is 1. The molecule has 0 spiro atoms. The highest BCUT2D eigenvalue weighted by molar-refractivity contribution is 7.78. The Labute approximate surface area is 147 Å². The number of benzene rings is 2. The van der Waals surface area contributed by atoms with E-state index in [1.165, 1.54) is 12.1 Å². The van der Waals surface area contributed by atoms with Gasteiger partial charge in [-0.3, -0.25) is 0 Å². The van der Waals surface area contributed by atoms with Gasteiger partial charge in [-0.15, -0.1) is 0 Å². The first-order valence-electron chi connectivity index (χ1n) is 7.74. The first-order chi connectivity index (χ1) is 11.6. The van der Waals surface area contributed by atoms with E-state index in [1.54, 1.807) is 6.07 Å². The molecule has 1 unspecified atom stereocenters. The molecule has 2 aromatic rings. The second-order valence-electron chi connectivity index (χ2n) is 5.47. The first kappa shape index (κ1) is 17.9. The van der Waals surface area contributed by atoms with Crippen LogP contribution >= 0.6 is 12.2 Å². The Balaban J connectivity index is 2.05. The molecule has 4 heteroatoms. The molecule has 24 heavy (non-hydrogen) atoms. The zero-order valence-electron chi connectivity index (χ0n) is 13.7. The SMILES string of the molecule is CCC(C)COc1ccc(C#Cc2ccc(N=C=S)c(F)c2)cc1. The minimum Gasteiger partial charge on any atom is -0.493 e. The summed E-state index contributed by atoms with van der Waals surface area (Å²) < 4.78 is 19.4. The molecule has 0 N–H and O–H groups in total. The molecule has 0 saturated heterocycles. The van der Waals surface area contributed by atoms with E-state index in [-0.39, 0.29) is 5.69 Å². The van der Waals surface area contributed by atoms with Crippen molar-refractivity contribution in [3.05, 3.63) is 59.4 Å². The van der Waals surface area contributed by atoms with Crippen LogP contribution in [0.4, 0.5) is 10.1 Å². The predicted molar refractivity (Wildman–Crippen MR) is 98.5 cm³/mol. The molecule has 0 fully saturated rings. The maximum atomic E-state index is 13.7. The average molecular weight is 339 g/mol. The van der Waals surface area contributed by atoms with Gasteiger partial charge in [-0.1, -0.05) is 32.1 Å². The number of hydrogen-bond donors (Lipinski definition) is 0. The summed E-state index contributed by atoms with van der Waals surface area (Å²) in [7, 11) is 0. The van der Waals surface area contributed by atoms with E-state index >= 15 is 0 Å². The minimum absolute atomic E-state index is 0.165. The van der Waals surface area contributed by atoms with Gasteiger partial charge in [0.1, 0.15) is 11.4 Å². The van der Waals surface area contributed by atoms with Crippen molar-refractivity contribution < 1.29 is 9.13 Å². The number of rotatable bonds is 5. The van der Waals surface area contributed by atoms with Crippen molar-refractivity contribution in [3.63, 3.8) is 0 Å².